The van der Waals surface area contributed by atoms with Crippen molar-refractivity contribution >= 4 is 10.9 Å². The number of hydrogen-bond acceptors (Lipinski definition) is 4. The molecule has 0 saturated carbocycles. The van der Waals surface area contributed by atoms with Crippen LogP contribution in [0.2, 0.25) is 0 Å². The predicted octanol–water partition coefficient (Wildman–Crippen LogP) is 2.03. The van der Waals surface area contributed by atoms with Gasteiger partial charge in [-0.1, -0.05) is 0 Å². The summed E-state index contributed by atoms with van der Waals surface area (Å²) in [6, 6.07) is 4.67. The van der Waals surface area contributed by atoms with Crippen LogP contribution in [-0.2, 0) is 0 Å². The first kappa shape index (κ1) is 12.3. The average Bonchev–Trinajstić information content (AvgIpc) is 2.29. The number of hydrogen-bond donors (Lipinski definition) is 2. The first-order valence-electron chi connectivity index (χ1n) is 5.62. The van der Waals surface area contributed by atoms with Gasteiger partial charge in [-0.2, -0.15) is 0 Å². The highest BCUT2D eigenvalue weighted by atomic mass is 16.5. The number of H-pyrrole nitrogens is 1. The fourth-order valence-corrected chi connectivity index (χ4v) is 1.78. The maximum atomic E-state index is 11.9. The van der Waals surface area contributed by atoms with Crippen LogP contribution in [0.4, 0.5) is 0 Å². The number of phenolic OH excluding ortho intramolecular Hbond substituents is 1. The van der Waals surface area contributed by atoms with Gasteiger partial charge in [0.2, 0.25) is 5.75 Å². The summed E-state index contributed by atoms with van der Waals surface area (Å²) in [5.41, 5.74) is 0.131. The van der Waals surface area contributed by atoms with Gasteiger partial charge in [-0.15, -0.1) is 0 Å². The third kappa shape index (κ3) is 2.11. The number of aromatic nitrogens is 1. The quantitative estimate of drug-likeness (QED) is 0.873. The van der Waals surface area contributed by atoms with Crippen LogP contribution in [0, 0.1) is 0 Å². The van der Waals surface area contributed by atoms with Crippen molar-refractivity contribution in [3.05, 3.63) is 28.6 Å². The second-order valence-electron chi connectivity index (χ2n) is 4.21. The molecule has 5 nitrogen and oxygen atoms in total. The second kappa shape index (κ2) is 4.60. The molecule has 1 aromatic carbocycles. The Bertz CT molecular complexity index is 631. The topological polar surface area (TPSA) is 71.5 Å². The molecule has 0 aliphatic rings. The maximum Gasteiger partial charge on any atom is 0.294 e. The van der Waals surface area contributed by atoms with Gasteiger partial charge in [-0.25, -0.2) is 0 Å². The number of rotatable bonds is 3. The molecule has 0 amide bonds. The van der Waals surface area contributed by atoms with Crippen LogP contribution in [0.3, 0.4) is 0 Å². The Hall–Kier alpha value is -2.17. The average molecular weight is 249 g/mol. The summed E-state index contributed by atoms with van der Waals surface area (Å²) in [7, 11) is 1.48. The van der Waals surface area contributed by atoms with Crippen LogP contribution in [0.25, 0.3) is 10.9 Å². The summed E-state index contributed by atoms with van der Waals surface area (Å²) in [6.45, 7) is 3.67. The van der Waals surface area contributed by atoms with E-state index < -0.39 is 0 Å². The number of phenols is 1. The van der Waals surface area contributed by atoms with Crippen molar-refractivity contribution in [2.75, 3.05) is 7.11 Å². The molecule has 0 atom stereocenters. The molecule has 2 rings (SSSR count). The lowest BCUT2D eigenvalue weighted by Crippen LogP contribution is -2.17. The molecule has 0 saturated heterocycles. The smallest absolute Gasteiger partial charge is 0.294 e. The zero-order valence-corrected chi connectivity index (χ0v) is 10.5. The summed E-state index contributed by atoms with van der Waals surface area (Å²) >= 11 is 0. The first-order chi connectivity index (χ1) is 8.52. The number of aromatic hydroxyl groups is 1. The number of ether oxygens (including phenoxy) is 2. The predicted molar refractivity (Wildman–Crippen MR) is 68.5 cm³/mol. The van der Waals surface area contributed by atoms with E-state index in [1.165, 1.54) is 19.2 Å². The van der Waals surface area contributed by atoms with Gasteiger partial charge in [0.1, 0.15) is 5.75 Å². The van der Waals surface area contributed by atoms with Crippen molar-refractivity contribution in [1.29, 1.82) is 0 Å². The molecule has 0 aliphatic heterocycles. The SMILES string of the molecule is COc1c(OC(C)C)c(=O)[nH]c2cc(O)ccc12. The number of nitrogens with one attached hydrogen (secondary N) is 1. The number of aromatic amines is 1. The Balaban J connectivity index is 2.75. The van der Waals surface area contributed by atoms with E-state index in [9.17, 15) is 9.90 Å². The molecule has 2 N–H and O–H groups in total. The Labute approximate surface area is 104 Å². The second-order valence-corrected chi connectivity index (χ2v) is 4.21. The van der Waals surface area contributed by atoms with Crippen molar-refractivity contribution in [2.24, 2.45) is 0 Å². The van der Waals surface area contributed by atoms with E-state index in [2.05, 4.69) is 4.98 Å². The van der Waals surface area contributed by atoms with E-state index in [0.29, 0.717) is 16.7 Å². The summed E-state index contributed by atoms with van der Waals surface area (Å²) in [4.78, 5) is 14.6. The fraction of sp³-hybridized carbons (Fsp3) is 0.308. The van der Waals surface area contributed by atoms with Crippen molar-refractivity contribution in [3.63, 3.8) is 0 Å². The van der Waals surface area contributed by atoms with E-state index in [1.54, 1.807) is 6.07 Å². The van der Waals surface area contributed by atoms with Crippen molar-refractivity contribution in [1.82, 2.24) is 4.98 Å². The highest BCUT2D eigenvalue weighted by Crippen LogP contribution is 2.33. The first-order valence-corrected chi connectivity index (χ1v) is 5.62. The Morgan fingerprint density at radius 2 is 2.00 bits per heavy atom. The number of fused-ring (bicyclic) bond motifs is 1. The molecule has 1 heterocycles. The van der Waals surface area contributed by atoms with Crippen LogP contribution < -0.4 is 15.0 Å². The van der Waals surface area contributed by atoms with Gasteiger partial charge in [-0.05, 0) is 26.0 Å². The number of benzene rings is 1. The largest absolute Gasteiger partial charge is 0.508 e. The summed E-state index contributed by atoms with van der Waals surface area (Å²) < 4.78 is 10.7. The molecule has 0 unspecified atom stereocenters. The highest BCUT2D eigenvalue weighted by molar-refractivity contribution is 5.88. The third-order valence-electron chi connectivity index (χ3n) is 2.47. The van der Waals surface area contributed by atoms with Crippen LogP contribution in [0.1, 0.15) is 13.8 Å². The van der Waals surface area contributed by atoms with Gasteiger partial charge in [0.25, 0.3) is 5.56 Å². The van der Waals surface area contributed by atoms with Gasteiger partial charge in [-0.3, -0.25) is 4.79 Å². The molecule has 0 fully saturated rings. The summed E-state index contributed by atoms with van der Waals surface area (Å²) in [6.07, 6.45) is -0.130. The zero-order chi connectivity index (χ0) is 13.3. The minimum atomic E-state index is -0.376. The molecular formula is C13H15NO4. The van der Waals surface area contributed by atoms with E-state index in [0.717, 1.165) is 0 Å². The van der Waals surface area contributed by atoms with E-state index in [4.69, 9.17) is 9.47 Å². The molecule has 5 heteroatoms. The minimum Gasteiger partial charge on any atom is -0.508 e. The standard InChI is InChI=1S/C13H15NO4/c1-7(2)18-12-11(17-3)9-5-4-8(15)6-10(9)14-13(12)16/h4-7,15H,1-3H3,(H,14,16). The van der Waals surface area contributed by atoms with Crippen LogP contribution in [0.5, 0.6) is 17.2 Å². The Morgan fingerprint density at radius 1 is 1.28 bits per heavy atom. The molecule has 0 aliphatic carbocycles. The Morgan fingerprint density at radius 3 is 2.61 bits per heavy atom. The molecular weight excluding hydrogens is 234 g/mol. The Kier molecular flexibility index (Phi) is 3.14. The van der Waals surface area contributed by atoms with Gasteiger partial charge in [0, 0.05) is 11.5 Å². The normalized spacial score (nSPS) is 10.9. The number of methoxy groups -OCH3 is 1. The van der Waals surface area contributed by atoms with Crippen molar-refractivity contribution in [2.45, 2.75) is 20.0 Å². The molecule has 0 bridgehead atoms. The molecule has 2 aromatic rings. The third-order valence-corrected chi connectivity index (χ3v) is 2.47. The summed E-state index contributed by atoms with van der Waals surface area (Å²) in [5, 5.41) is 10.1. The van der Waals surface area contributed by atoms with Crippen LogP contribution in [-0.4, -0.2) is 23.3 Å². The zero-order valence-electron chi connectivity index (χ0n) is 10.5. The molecule has 0 spiro atoms. The molecule has 0 radical (unpaired) electrons. The molecule has 18 heavy (non-hydrogen) atoms. The molecule has 96 valence electrons. The maximum absolute atomic E-state index is 11.9. The van der Waals surface area contributed by atoms with Gasteiger partial charge < -0.3 is 19.6 Å². The minimum absolute atomic E-state index is 0.0812. The van der Waals surface area contributed by atoms with E-state index >= 15 is 0 Å². The van der Waals surface area contributed by atoms with Gasteiger partial charge in [0.05, 0.1) is 18.7 Å². The van der Waals surface area contributed by atoms with E-state index in [1.807, 2.05) is 13.8 Å². The lowest BCUT2D eigenvalue weighted by Gasteiger charge is -2.14. The lowest BCUT2D eigenvalue weighted by atomic mass is 10.2. The monoisotopic (exact) mass is 249 g/mol. The van der Waals surface area contributed by atoms with Gasteiger partial charge >= 0.3 is 0 Å². The van der Waals surface area contributed by atoms with Gasteiger partial charge in [0.15, 0.2) is 5.75 Å². The van der Waals surface area contributed by atoms with Crippen LogP contribution >= 0.6 is 0 Å². The fourth-order valence-electron chi connectivity index (χ4n) is 1.78. The summed E-state index contributed by atoms with van der Waals surface area (Å²) in [5.74, 6) is 0.617. The lowest BCUT2D eigenvalue weighted by molar-refractivity contribution is 0.227. The van der Waals surface area contributed by atoms with E-state index in [-0.39, 0.29) is 23.2 Å². The number of pyridine rings is 1. The van der Waals surface area contributed by atoms with Crippen LogP contribution in [0.15, 0.2) is 23.0 Å². The molecule has 1 aromatic heterocycles. The highest BCUT2D eigenvalue weighted by Gasteiger charge is 2.16. The van der Waals surface area contributed by atoms with Crippen molar-refractivity contribution < 1.29 is 14.6 Å². The van der Waals surface area contributed by atoms with Crippen molar-refractivity contribution in [3.8, 4) is 17.2 Å².